The Hall–Kier alpha value is -2.18. The molecule has 0 bridgehead atoms. The highest BCUT2D eigenvalue weighted by Gasteiger charge is 2.20. The first kappa shape index (κ1) is 77.8. The maximum Gasteiger partial charge on any atom is 0.305 e. The SMILES string of the molecule is CCCC/C=C\C/C=C\CCCCCCCC(=O)OCCCCCCCCCCCCCCC/C=C\C/C=C\CCCCCCCCCCCCCCCCCCCC(=O)NC(CO)C(O)CCCCCCCCCCCCCC. The summed E-state index contributed by atoms with van der Waals surface area (Å²) in [5.74, 6) is -0.0272. The zero-order valence-corrected chi connectivity index (χ0v) is 53.8. The van der Waals surface area contributed by atoms with Crippen molar-refractivity contribution in [3.63, 3.8) is 0 Å². The van der Waals surface area contributed by atoms with Crippen LogP contribution >= 0.6 is 0 Å². The van der Waals surface area contributed by atoms with Gasteiger partial charge in [0.15, 0.2) is 0 Å². The molecule has 6 nitrogen and oxygen atoms in total. The summed E-state index contributed by atoms with van der Waals surface area (Å²) in [5, 5.41) is 23.3. The van der Waals surface area contributed by atoms with Crippen LogP contribution in [0.25, 0.3) is 0 Å². The number of amides is 1. The van der Waals surface area contributed by atoms with Crippen molar-refractivity contribution in [2.75, 3.05) is 13.2 Å². The molecule has 0 aromatic carbocycles. The summed E-state index contributed by atoms with van der Waals surface area (Å²) in [6, 6.07) is -0.538. The maximum absolute atomic E-state index is 12.5. The molecule has 0 saturated heterocycles. The molecule has 0 aromatic rings. The number of allylic oxidation sites excluding steroid dienone is 8. The van der Waals surface area contributed by atoms with Gasteiger partial charge in [0.25, 0.3) is 0 Å². The quantitative estimate of drug-likeness (QED) is 0.0320. The molecular weight excluding hydrogens is 983 g/mol. The van der Waals surface area contributed by atoms with Crippen LogP contribution in [-0.4, -0.2) is 47.4 Å². The van der Waals surface area contributed by atoms with E-state index in [-0.39, 0.29) is 18.5 Å². The summed E-state index contributed by atoms with van der Waals surface area (Å²) in [5.41, 5.74) is 0. The van der Waals surface area contributed by atoms with Gasteiger partial charge < -0.3 is 20.3 Å². The number of aliphatic hydroxyl groups is 2. The second-order valence-corrected chi connectivity index (χ2v) is 24.6. The zero-order valence-electron chi connectivity index (χ0n) is 53.8. The lowest BCUT2D eigenvalue weighted by atomic mass is 10.0. The Labute approximate surface area is 499 Å². The number of carbonyl (C=O) groups excluding carboxylic acids is 2. The average molecular weight is 1120 g/mol. The first-order valence-electron chi connectivity index (χ1n) is 35.9. The second-order valence-electron chi connectivity index (χ2n) is 24.6. The lowest BCUT2D eigenvalue weighted by Crippen LogP contribution is -2.45. The number of rotatable bonds is 67. The third-order valence-corrected chi connectivity index (χ3v) is 16.6. The van der Waals surface area contributed by atoms with Gasteiger partial charge in [0.05, 0.1) is 25.4 Å². The largest absolute Gasteiger partial charge is 0.466 e. The molecule has 0 aromatic heterocycles. The van der Waals surface area contributed by atoms with Crippen molar-refractivity contribution in [2.24, 2.45) is 0 Å². The van der Waals surface area contributed by atoms with E-state index in [2.05, 4.69) is 67.8 Å². The number of esters is 1. The molecule has 2 atom stereocenters. The second kappa shape index (κ2) is 69.3. The fraction of sp³-hybridized carbons (Fsp3) is 0.865. The fourth-order valence-corrected chi connectivity index (χ4v) is 11.1. The Balaban J connectivity index is 3.35. The van der Waals surface area contributed by atoms with Gasteiger partial charge in [-0.3, -0.25) is 9.59 Å². The third-order valence-electron chi connectivity index (χ3n) is 16.6. The summed E-state index contributed by atoms with van der Waals surface area (Å²) < 4.78 is 5.48. The topological polar surface area (TPSA) is 95.9 Å². The van der Waals surface area contributed by atoms with E-state index < -0.39 is 12.1 Å². The van der Waals surface area contributed by atoms with Gasteiger partial charge in [-0.2, -0.15) is 0 Å². The van der Waals surface area contributed by atoms with E-state index in [1.807, 2.05) is 0 Å². The molecule has 0 aliphatic rings. The summed E-state index contributed by atoms with van der Waals surface area (Å²) in [4.78, 5) is 24.5. The van der Waals surface area contributed by atoms with Crippen molar-refractivity contribution in [1.29, 1.82) is 0 Å². The normalized spacial score (nSPS) is 12.8. The van der Waals surface area contributed by atoms with E-state index in [1.54, 1.807) is 0 Å². The number of ether oxygens (including phenoxy) is 1. The van der Waals surface area contributed by atoms with Gasteiger partial charge in [-0.25, -0.2) is 0 Å². The summed E-state index contributed by atoms with van der Waals surface area (Å²) >= 11 is 0. The molecular formula is C74H139NO5. The van der Waals surface area contributed by atoms with Gasteiger partial charge >= 0.3 is 5.97 Å². The minimum Gasteiger partial charge on any atom is -0.466 e. The monoisotopic (exact) mass is 1120 g/mol. The van der Waals surface area contributed by atoms with Gasteiger partial charge in [0.2, 0.25) is 5.91 Å². The summed E-state index contributed by atoms with van der Waals surface area (Å²) in [6.45, 7) is 4.92. The van der Waals surface area contributed by atoms with E-state index in [4.69, 9.17) is 4.74 Å². The zero-order chi connectivity index (χ0) is 57.8. The molecule has 0 spiro atoms. The highest BCUT2D eigenvalue weighted by atomic mass is 16.5. The molecule has 0 rings (SSSR count). The number of hydrogen-bond acceptors (Lipinski definition) is 5. The van der Waals surface area contributed by atoms with E-state index in [0.29, 0.717) is 25.9 Å². The van der Waals surface area contributed by atoms with Gasteiger partial charge in [0, 0.05) is 12.8 Å². The van der Waals surface area contributed by atoms with E-state index in [9.17, 15) is 19.8 Å². The number of unbranched alkanes of at least 4 members (excludes halogenated alkanes) is 48. The highest BCUT2D eigenvalue weighted by Crippen LogP contribution is 2.18. The number of nitrogens with one attached hydrogen (secondary N) is 1. The van der Waals surface area contributed by atoms with Crippen molar-refractivity contribution in [2.45, 2.75) is 398 Å². The molecule has 0 radical (unpaired) electrons. The van der Waals surface area contributed by atoms with Crippen LogP contribution in [0, 0.1) is 0 Å². The minimum absolute atomic E-state index is 0.00405. The smallest absolute Gasteiger partial charge is 0.305 e. The van der Waals surface area contributed by atoms with Crippen LogP contribution in [0.1, 0.15) is 386 Å². The van der Waals surface area contributed by atoms with Crippen LogP contribution < -0.4 is 5.32 Å². The molecule has 6 heteroatoms. The molecule has 80 heavy (non-hydrogen) atoms. The standard InChI is InChI=1S/C74H139NO5/c1-3-5-7-9-11-13-15-17-44-48-52-56-60-64-68-74(79)80-69-65-61-57-53-49-45-42-40-38-36-34-32-30-28-26-24-22-20-18-19-21-23-25-27-29-31-33-35-37-39-41-43-47-51-55-59-63-67-73(78)75-71(70-76)72(77)66-62-58-54-50-46-16-14-12-10-8-6-4-2/h9,11,15,17-18,20,24,26,71-72,76-77H,3-8,10,12-14,16,19,21-23,25,27-70H2,1-2H3,(H,75,78)/b11-9-,17-15-,20-18-,26-24-. The molecule has 0 aliphatic carbocycles. The Kier molecular flexibility index (Phi) is 67.4. The van der Waals surface area contributed by atoms with Crippen LogP contribution in [0.15, 0.2) is 48.6 Å². The van der Waals surface area contributed by atoms with Gasteiger partial charge in [0.1, 0.15) is 0 Å². The van der Waals surface area contributed by atoms with E-state index in [0.717, 1.165) is 57.8 Å². The molecule has 0 saturated carbocycles. The van der Waals surface area contributed by atoms with Crippen LogP contribution in [-0.2, 0) is 14.3 Å². The average Bonchev–Trinajstić information content (AvgIpc) is 3.46. The van der Waals surface area contributed by atoms with Crippen LogP contribution in [0.3, 0.4) is 0 Å². The van der Waals surface area contributed by atoms with Crippen molar-refractivity contribution < 1.29 is 24.5 Å². The van der Waals surface area contributed by atoms with Gasteiger partial charge in [-0.15, -0.1) is 0 Å². The summed E-state index contributed by atoms with van der Waals surface area (Å²) in [6.07, 6.45) is 90.4. The first-order chi connectivity index (χ1) is 39.5. The van der Waals surface area contributed by atoms with Crippen molar-refractivity contribution in [3.8, 4) is 0 Å². The number of aliphatic hydroxyl groups excluding tert-OH is 2. The lowest BCUT2D eigenvalue weighted by molar-refractivity contribution is -0.143. The number of hydrogen-bond donors (Lipinski definition) is 3. The van der Waals surface area contributed by atoms with Gasteiger partial charge in [-0.05, 0) is 83.5 Å². The lowest BCUT2D eigenvalue weighted by Gasteiger charge is -2.22. The Morgan fingerprint density at radius 2 is 0.637 bits per heavy atom. The Bertz CT molecular complexity index is 1340. The van der Waals surface area contributed by atoms with Crippen LogP contribution in [0.4, 0.5) is 0 Å². The maximum atomic E-state index is 12.5. The van der Waals surface area contributed by atoms with Crippen molar-refractivity contribution in [1.82, 2.24) is 5.32 Å². The van der Waals surface area contributed by atoms with E-state index in [1.165, 1.54) is 295 Å². The van der Waals surface area contributed by atoms with Crippen molar-refractivity contribution in [3.05, 3.63) is 48.6 Å². The van der Waals surface area contributed by atoms with E-state index >= 15 is 0 Å². The molecule has 0 fully saturated rings. The minimum atomic E-state index is -0.661. The van der Waals surface area contributed by atoms with Gasteiger partial charge in [-0.1, -0.05) is 339 Å². The molecule has 0 heterocycles. The Morgan fingerprint density at radius 1 is 0.350 bits per heavy atom. The third kappa shape index (κ3) is 65.0. The molecule has 1 amide bonds. The van der Waals surface area contributed by atoms with Crippen molar-refractivity contribution >= 4 is 11.9 Å². The highest BCUT2D eigenvalue weighted by molar-refractivity contribution is 5.76. The van der Waals surface area contributed by atoms with Crippen LogP contribution in [0.2, 0.25) is 0 Å². The summed E-state index contributed by atoms with van der Waals surface area (Å²) in [7, 11) is 0. The Morgan fingerprint density at radius 3 is 0.988 bits per heavy atom. The predicted molar refractivity (Wildman–Crippen MR) is 352 cm³/mol. The first-order valence-corrected chi connectivity index (χ1v) is 35.9. The molecule has 2 unspecified atom stereocenters. The molecule has 3 N–H and O–H groups in total. The van der Waals surface area contributed by atoms with Crippen LogP contribution in [0.5, 0.6) is 0 Å². The fourth-order valence-electron chi connectivity index (χ4n) is 11.1. The predicted octanol–water partition coefficient (Wildman–Crippen LogP) is 23.3. The molecule has 470 valence electrons. The molecule has 0 aliphatic heterocycles. The number of carbonyl (C=O) groups is 2.